The fourth-order valence-electron chi connectivity index (χ4n) is 2.31. The van der Waals surface area contributed by atoms with E-state index in [1.807, 2.05) is 12.3 Å². The second-order valence-electron chi connectivity index (χ2n) is 5.93. The highest BCUT2D eigenvalue weighted by Crippen LogP contribution is 2.25. The Balaban J connectivity index is 1.90. The van der Waals surface area contributed by atoms with Gasteiger partial charge in [0.05, 0.1) is 13.2 Å². The fourth-order valence-corrected chi connectivity index (χ4v) is 2.89. The molecule has 1 aliphatic rings. The molecule has 1 heterocycles. The topological polar surface area (TPSA) is 45.7 Å². The van der Waals surface area contributed by atoms with Crippen LogP contribution in [0, 0.1) is 11.2 Å². The van der Waals surface area contributed by atoms with Gasteiger partial charge in [-0.2, -0.15) is 11.8 Å². The van der Waals surface area contributed by atoms with Crippen molar-refractivity contribution in [2.24, 2.45) is 10.4 Å². The average Bonchev–Trinajstić information content (AvgIpc) is 2.47. The minimum Gasteiger partial charge on any atom is -0.380 e. The van der Waals surface area contributed by atoms with Crippen LogP contribution in [0.3, 0.4) is 0 Å². The average molecular weight is 325 g/mol. The van der Waals surface area contributed by atoms with Crippen LogP contribution in [0.4, 0.5) is 4.39 Å². The minimum absolute atomic E-state index is 0.187. The molecule has 2 N–H and O–H groups in total. The second-order valence-corrected chi connectivity index (χ2v) is 6.79. The third kappa shape index (κ3) is 4.61. The highest BCUT2D eigenvalue weighted by Gasteiger charge is 2.33. The molecule has 0 saturated carbocycles. The van der Waals surface area contributed by atoms with Crippen LogP contribution in [0.15, 0.2) is 23.2 Å². The zero-order chi connectivity index (χ0) is 16.0. The molecule has 1 aromatic rings. The number of benzene rings is 1. The second kappa shape index (κ2) is 7.83. The molecule has 0 bridgehead atoms. The van der Waals surface area contributed by atoms with Gasteiger partial charge >= 0.3 is 0 Å². The maximum absolute atomic E-state index is 13.4. The Hall–Kier alpha value is -1.27. The van der Waals surface area contributed by atoms with E-state index in [2.05, 4.69) is 22.5 Å². The molecule has 1 aliphatic heterocycles. The largest absolute Gasteiger partial charge is 0.380 e. The van der Waals surface area contributed by atoms with E-state index in [4.69, 9.17) is 4.74 Å². The van der Waals surface area contributed by atoms with E-state index in [1.165, 1.54) is 6.07 Å². The van der Waals surface area contributed by atoms with Crippen LogP contribution in [0.1, 0.15) is 18.1 Å². The van der Waals surface area contributed by atoms with Crippen molar-refractivity contribution in [2.75, 3.05) is 33.1 Å². The molecule has 0 unspecified atom stereocenters. The van der Waals surface area contributed by atoms with Crippen molar-refractivity contribution in [2.45, 2.75) is 19.2 Å². The number of nitrogens with zero attached hydrogens (tertiary/aromatic N) is 1. The minimum atomic E-state index is -0.187. The first-order chi connectivity index (χ1) is 10.6. The molecule has 0 amide bonds. The van der Waals surface area contributed by atoms with Crippen molar-refractivity contribution < 1.29 is 9.13 Å². The predicted octanol–water partition coefficient (Wildman–Crippen LogP) is 2.39. The van der Waals surface area contributed by atoms with Crippen molar-refractivity contribution in [3.63, 3.8) is 0 Å². The van der Waals surface area contributed by atoms with E-state index < -0.39 is 0 Å². The molecule has 1 fully saturated rings. The third-order valence-electron chi connectivity index (χ3n) is 3.72. The van der Waals surface area contributed by atoms with Crippen LogP contribution in [0.5, 0.6) is 0 Å². The molecule has 122 valence electrons. The first-order valence-corrected chi connectivity index (χ1v) is 8.74. The van der Waals surface area contributed by atoms with Crippen molar-refractivity contribution in [1.29, 1.82) is 0 Å². The van der Waals surface area contributed by atoms with E-state index in [-0.39, 0.29) is 11.2 Å². The number of aliphatic imine (C=N–C) groups is 1. The molecule has 0 radical (unpaired) electrons. The quantitative estimate of drug-likeness (QED) is 0.623. The number of ether oxygens (including phenoxy) is 1. The smallest absolute Gasteiger partial charge is 0.191 e. The Morgan fingerprint density at radius 3 is 2.73 bits per heavy atom. The van der Waals surface area contributed by atoms with E-state index in [0.717, 1.165) is 42.6 Å². The SMILES string of the molecule is CN=C(NCc1ccc(F)cc1CSC)NCC1(C)COC1. The molecule has 0 aromatic heterocycles. The van der Waals surface area contributed by atoms with Crippen LogP contribution in [0.25, 0.3) is 0 Å². The molecular formula is C16H24FN3OS. The molecule has 0 atom stereocenters. The van der Waals surface area contributed by atoms with Gasteiger partial charge in [0.2, 0.25) is 0 Å². The Morgan fingerprint density at radius 1 is 1.36 bits per heavy atom. The lowest BCUT2D eigenvalue weighted by molar-refractivity contribution is -0.0971. The van der Waals surface area contributed by atoms with Crippen LogP contribution in [-0.2, 0) is 17.0 Å². The number of hydrogen-bond acceptors (Lipinski definition) is 3. The van der Waals surface area contributed by atoms with E-state index in [9.17, 15) is 4.39 Å². The molecule has 22 heavy (non-hydrogen) atoms. The molecule has 2 rings (SSSR count). The number of halogens is 1. The monoisotopic (exact) mass is 325 g/mol. The van der Waals surface area contributed by atoms with Crippen LogP contribution in [-0.4, -0.2) is 39.0 Å². The first kappa shape index (κ1) is 17.1. The summed E-state index contributed by atoms with van der Waals surface area (Å²) in [6.07, 6.45) is 2.02. The number of thioether (sulfide) groups is 1. The number of rotatable bonds is 6. The number of nitrogens with one attached hydrogen (secondary N) is 2. The summed E-state index contributed by atoms with van der Waals surface area (Å²) in [4.78, 5) is 4.23. The molecule has 6 heteroatoms. The molecular weight excluding hydrogens is 301 g/mol. The zero-order valence-corrected chi connectivity index (χ0v) is 14.2. The summed E-state index contributed by atoms with van der Waals surface area (Å²) in [5.74, 6) is 1.37. The zero-order valence-electron chi connectivity index (χ0n) is 13.4. The lowest BCUT2D eigenvalue weighted by Gasteiger charge is -2.38. The molecule has 4 nitrogen and oxygen atoms in total. The van der Waals surface area contributed by atoms with Crippen LogP contribution >= 0.6 is 11.8 Å². The van der Waals surface area contributed by atoms with E-state index >= 15 is 0 Å². The Morgan fingerprint density at radius 2 is 2.14 bits per heavy atom. The standard InChI is InChI=1S/C16H24FN3OS/c1-16(10-21-11-16)9-20-15(18-2)19-7-12-4-5-14(17)6-13(12)8-22-3/h4-6H,7-11H2,1-3H3,(H2,18,19,20). The van der Waals surface area contributed by atoms with Gasteiger partial charge in [-0.3, -0.25) is 4.99 Å². The van der Waals surface area contributed by atoms with Gasteiger partial charge in [-0.15, -0.1) is 0 Å². The summed E-state index contributed by atoms with van der Waals surface area (Å²) in [7, 11) is 1.75. The molecule has 0 aliphatic carbocycles. The molecule has 0 spiro atoms. The summed E-state index contributed by atoms with van der Waals surface area (Å²) >= 11 is 1.69. The summed E-state index contributed by atoms with van der Waals surface area (Å²) in [5.41, 5.74) is 2.31. The summed E-state index contributed by atoms with van der Waals surface area (Å²) in [6, 6.07) is 4.95. The van der Waals surface area contributed by atoms with Crippen molar-refractivity contribution in [3.8, 4) is 0 Å². The van der Waals surface area contributed by atoms with Crippen molar-refractivity contribution >= 4 is 17.7 Å². The Kier molecular flexibility index (Phi) is 6.08. The van der Waals surface area contributed by atoms with Gasteiger partial charge in [0.25, 0.3) is 0 Å². The summed E-state index contributed by atoms with van der Waals surface area (Å²) in [5, 5.41) is 6.62. The van der Waals surface area contributed by atoms with Gasteiger partial charge in [0, 0.05) is 31.3 Å². The van der Waals surface area contributed by atoms with Gasteiger partial charge in [-0.1, -0.05) is 13.0 Å². The number of guanidine groups is 1. The van der Waals surface area contributed by atoms with Gasteiger partial charge < -0.3 is 15.4 Å². The van der Waals surface area contributed by atoms with E-state index in [0.29, 0.717) is 6.54 Å². The van der Waals surface area contributed by atoms with E-state index in [1.54, 1.807) is 24.9 Å². The Labute approximate surface area is 135 Å². The predicted molar refractivity (Wildman–Crippen MR) is 90.7 cm³/mol. The van der Waals surface area contributed by atoms with Crippen LogP contribution in [0.2, 0.25) is 0 Å². The summed E-state index contributed by atoms with van der Waals surface area (Å²) < 4.78 is 18.6. The highest BCUT2D eigenvalue weighted by atomic mass is 32.2. The van der Waals surface area contributed by atoms with Gasteiger partial charge in [0.1, 0.15) is 5.82 Å². The Bertz CT molecular complexity index is 532. The first-order valence-electron chi connectivity index (χ1n) is 7.35. The summed E-state index contributed by atoms with van der Waals surface area (Å²) in [6.45, 7) is 5.21. The third-order valence-corrected chi connectivity index (χ3v) is 4.32. The van der Waals surface area contributed by atoms with Gasteiger partial charge in [-0.05, 0) is 29.5 Å². The van der Waals surface area contributed by atoms with Crippen molar-refractivity contribution in [1.82, 2.24) is 10.6 Å². The van der Waals surface area contributed by atoms with Crippen molar-refractivity contribution in [3.05, 3.63) is 35.1 Å². The maximum atomic E-state index is 13.4. The lowest BCUT2D eigenvalue weighted by Crippen LogP contribution is -2.50. The fraction of sp³-hybridized carbons (Fsp3) is 0.562. The lowest BCUT2D eigenvalue weighted by atomic mass is 9.89. The molecule has 1 saturated heterocycles. The normalized spacial score (nSPS) is 17.0. The maximum Gasteiger partial charge on any atom is 0.191 e. The molecule has 1 aromatic carbocycles. The van der Waals surface area contributed by atoms with Gasteiger partial charge in [-0.25, -0.2) is 4.39 Å². The number of hydrogen-bond donors (Lipinski definition) is 2. The highest BCUT2D eigenvalue weighted by molar-refractivity contribution is 7.97. The van der Waals surface area contributed by atoms with Gasteiger partial charge in [0.15, 0.2) is 5.96 Å². The van der Waals surface area contributed by atoms with Crippen LogP contribution < -0.4 is 10.6 Å².